The fraction of sp³-hybridized carbons (Fsp3) is 0.308. The van der Waals surface area contributed by atoms with Gasteiger partial charge in [0.05, 0.1) is 6.42 Å². The fourth-order valence-corrected chi connectivity index (χ4v) is 2.98. The van der Waals surface area contributed by atoms with Crippen molar-refractivity contribution in [1.82, 2.24) is 15.3 Å². The van der Waals surface area contributed by atoms with Crippen LogP contribution in [0.2, 0.25) is 0 Å². The lowest BCUT2D eigenvalue weighted by Crippen LogP contribution is -2.27. The first-order valence-corrected chi connectivity index (χ1v) is 7.23. The minimum absolute atomic E-state index is 0.0179. The van der Waals surface area contributed by atoms with E-state index in [1.54, 1.807) is 6.20 Å². The molecule has 2 aromatic heterocycles. The second-order valence-corrected chi connectivity index (χ2v) is 5.93. The molecule has 0 aliphatic rings. The highest BCUT2D eigenvalue weighted by atomic mass is 32.1. The second kappa shape index (κ2) is 6.58. The van der Waals surface area contributed by atoms with Crippen LogP contribution in [0.3, 0.4) is 0 Å². The van der Waals surface area contributed by atoms with Gasteiger partial charge in [0.15, 0.2) is 3.95 Å². The van der Waals surface area contributed by atoms with Crippen LogP contribution in [-0.4, -0.2) is 22.4 Å². The van der Waals surface area contributed by atoms with E-state index in [1.807, 2.05) is 25.1 Å². The first-order valence-electron chi connectivity index (χ1n) is 6.00. The molecule has 0 atom stereocenters. The maximum Gasteiger partial charge on any atom is 0.225 e. The Morgan fingerprint density at radius 2 is 2.37 bits per heavy atom. The zero-order chi connectivity index (χ0) is 13.7. The zero-order valence-corrected chi connectivity index (χ0v) is 12.2. The number of aromatic amines is 1. The molecule has 0 saturated heterocycles. The number of thiazole rings is 1. The largest absolute Gasteiger partial charge is 0.355 e. The Hall–Kier alpha value is -1.53. The molecule has 2 N–H and O–H groups in total. The Kier molecular flexibility index (Phi) is 4.81. The number of aryl methyl sites for hydroxylation is 1. The van der Waals surface area contributed by atoms with E-state index in [4.69, 9.17) is 12.2 Å². The Balaban J connectivity index is 1.79. The summed E-state index contributed by atoms with van der Waals surface area (Å²) in [6, 6.07) is 5.78. The Labute approximate surface area is 120 Å². The number of amides is 1. The molecule has 0 fully saturated rings. The van der Waals surface area contributed by atoms with Gasteiger partial charge in [-0.1, -0.05) is 6.07 Å². The van der Waals surface area contributed by atoms with Gasteiger partial charge in [-0.3, -0.25) is 9.78 Å². The van der Waals surface area contributed by atoms with E-state index >= 15 is 0 Å². The van der Waals surface area contributed by atoms with Gasteiger partial charge in [0.25, 0.3) is 0 Å². The predicted octanol–water partition coefficient (Wildman–Crippen LogP) is 2.41. The van der Waals surface area contributed by atoms with E-state index in [0.717, 1.165) is 22.7 Å². The molecule has 6 heteroatoms. The molecule has 0 bridgehead atoms. The Morgan fingerprint density at radius 3 is 3.00 bits per heavy atom. The number of hydrogen-bond donors (Lipinski definition) is 2. The number of pyridine rings is 1. The number of H-pyrrole nitrogens is 1. The summed E-state index contributed by atoms with van der Waals surface area (Å²) in [6.07, 6.45) is 2.88. The molecule has 1 amide bonds. The van der Waals surface area contributed by atoms with Gasteiger partial charge in [-0.15, -0.1) is 11.3 Å². The van der Waals surface area contributed by atoms with Crippen LogP contribution in [0.1, 0.15) is 16.3 Å². The average Bonchev–Trinajstić information content (AvgIpc) is 2.69. The highest BCUT2D eigenvalue weighted by Crippen LogP contribution is 2.14. The molecule has 19 heavy (non-hydrogen) atoms. The highest BCUT2D eigenvalue weighted by Gasteiger charge is 2.08. The van der Waals surface area contributed by atoms with Crippen molar-refractivity contribution >= 4 is 29.5 Å². The zero-order valence-electron chi connectivity index (χ0n) is 10.6. The van der Waals surface area contributed by atoms with Crippen molar-refractivity contribution in [3.05, 3.63) is 44.6 Å². The van der Waals surface area contributed by atoms with Crippen LogP contribution in [0.15, 0.2) is 24.4 Å². The molecule has 0 radical (unpaired) electrons. The van der Waals surface area contributed by atoms with Crippen LogP contribution in [0, 0.1) is 10.9 Å². The number of carbonyl (C=O) groups excluding carboxylic acids is 1. The SMILES string of the molecule is Cc1[nH]c(=S)sc1CC(=O)NCCc1ccccn1. The minimum atomic E-state index is 0.0179. The third kappa shape index (κ3) is 4.25. The topological polar surface area (TPSA) is 57.8 Å². The van der Waals surface area contributed by atoms with E-state index in [1.165, 1.54) is 11.3 Å². The highest BCUT2D eigenvalue weighted by molar-refractivity contribution is 7.73. The van der Waals surface area contributed by atoms with E-state index in [0.29, 0.717) is 16.9 Å². The quantitative estimate of drug-likeness (QED) is 0.832. The third-order valence-corrected chi connectivity index (χ3v) is 4.01. The minimum Gasteiger partial charge on any atom is -0.355 e. The van der Waals surface area contributed by atoms with Gasteiger partial charge in [-0.2, -0.15) is 0 Å². The third-order valence-electron chi connectivity index (χ3n) is 2.67. The van der Waals surface area contributed by atoms with Gasteiger partial charge in [0.1, 0.15) is 0 Å². The maximum atomic E-state index is 11.8. The molecule has 0 aliphatic heterocycles. The van der Waals surface area contributed by atoms with Crippen LogP contribution >= 0.6 is 23.6 Å². The molecule has 0 spiro atoms. The first-order chi connectivity index (χ1) is 9.15. The number of hydrogen-bond acceptors (Lipinski definition) is 4. The molecule has 0 unspecified atom stereocenters. The summed E-state index contributed by atoms with van der Waals surface area (Å²) in [5.74, 6) is 0.0179. The molecule has 2 rings (SSSR count). The lowest BCUT2D eigenvalue weighted by Gasteiger charge is -2.04. The molecule has 0 aliphatic carbocycles. The van der Waals surface area contributed by atoms with Crippen LogP contribution in [0.4, 0.5) is 0 Å². The van der Waals surface area contributed by atoms with Crippen LogP contribution < -0.4 is 5.32 Å². The van der Waals surface area contributed by atoms with Crippen molar-refractivity contribution in [1.29, 1.82) is 0 Å². The molecule has 0 saturated carbocycles. The van der Waals surface area contributed by atoms with Crippen molar-refractivity contribution in [2.24, 2.45) is 0 Å². The summed E-state index contributed by atoms with van der Waals surface area (Å²) in [5, 5.41) is 2.90. The summed E-state index contributed by atoms with van der Waals surface area (Å²) < 4.78 is 0.716. The van der Waals surface area contributed by atoms with Crippen molar-refractivity contribution in [3.8, 4) is 0 Å². The lowest BCUT2D eigenvalue weighted by atomic mass is 10.2. The molecule has 0 aromatic carbocycles. The maximum absolute atomic E-state index is 11.8. The Morgan fingerprint density at radius 1 is 1.53 bits per heavy atom. The number of carbonyl (C=O) groups is 1. The van der Waals surface area contributed by atoms with E-state index in [2.05, 4.69) is 15.3 Å². The predicted molar refractivity (Wildman–Crippen MR) is 78.9 cm³/mol. The van der Waals surface area contributed by atoms with Crippen LogP contribution in [0.25, 0.3) is 0 Å². The van der Waals surface area contributed by atoms with Gasteiger partial charge < -0.3 is 10.3 Å². The van der Waals surface area contributed by atoms with Gasteiger partial charge in [-0.25, -0.2) is 0 Å². The lowest BCUT2D eigenvalue weighted by molar-refractivity contribution is -0.120. The number of nitrogens with zero attached hydrogens (tertiary/aromatic N) is 1. The van der Waals surface area contributed by atoms with Gasteiger partial charge in [-0.05, 0) is 31.3 Å². The molecule has 4 nitrogen and oxygen atoms in total. The fourth-order valence-electron chi connectivity index (χ4n) is 1.69. The average molecular weight is 293 g/mol. The normalized spacial score (nSPS) is 10.4. The summed E-state index contributed by atoms with van der Waals surface area (Å²) in [5.41, 5.74) is 1.96. The monoisotopic (exact) mass is 293 g/mol. The summed E-state index contributed by atoms with van der Waals surface area (Å²) in [7, 11) is 0. The molecular weight excluding hydrogens is 278 g/mol. The van der Waals surface area contributed by atoms with Gasteiger partial charge in [0, 0.05) is 35.4 Å². The molecule has 2 heterocycles. The first kappa shape index (κ1) is 13.9. The summed E-state index contributed by atoms with van der Waals surface area (Å²) in [6.45, 7) is 2.54. The van der Waals surface area contributed by atoms with Crippen molar-refractivity contribution in [2.75, 3.05) is 6.54 Å². The molecular formula is C13H15N3OS2. The van der Waals surface area contributed by atoms with Gasteiger partial charge >= 0.3 is 0 Å². The van der Waals surface area contributed by atoms with Gasteiger partial charge in [0.2, 0.25) is 5.91 Å². The van der Waals surface area contributed by atoms with Crippen LogP contribution in [-0.2, 0) is 17.6 Å². The Bertz CT molecular complexity index is 604. The number of aromatic nitrogens is 2. The molecule has 100 valence electrons. The second-order valence-electron chi connectivity index (χ2n) is 4.16. The summed E-state index contributed by atoms with van der Waals surface area (Å²) in [4.78, 5) is 20.0. The van der Waals surface area contributed by atoms with E-state index in [-0.39, 0.29) is 5.91 Å². The van der Waals surface area contributed by atoms with E-state index < -0.39 is 0 Å². The van der Waals surface area contributed by atoms with Crippen molar-refractivity contribution in [3.63, 3.8) is 0 Å². The van der Waals surface area contributed by atoms with E-state index in [9.17, 15) is 4.79 Å². The van der Waals surface area contributed by atoms with Crippen molar-refractivity contribution < 1.29 is 4.79 Å². The summed E-state index contributed by atoms with van der Waals surface area (Å²) >= 11 is 6.51. The van der Waals surface area contributed by atoms with Crippen LogP contribution in [0.5, 0.6) is 0 Å². The number of nitrogens with one attached hydrogen (secondary N) is 2. The van der Waals surface area contributed by atoms with Crippen molar-refractivity contribution in [2.45, 2.75) is 19.8 Å². The standard InChI is InChI=1S/C13H15N3OS2/c1-9-11(19-13(18)16-9)8-12(17)15-7-5-10-4-2-3-6-14-10/h2-4,6H,5,7-8H2,1H3,(H,15,17)(H,16,18). The number of rotatable bonds is 5. The smallest absolute Gasteiger partial charge is 0.225 e. The molecule has 2 aromatic rings.